The molecule has 0 bridgehead atoms. The number of aromatic nitrogens is 1. The van der Waals surface area contributed by atoms with E-state index in [1.54, 1.807) is 19.1 Å². The molecule has 1 N–H and O–H groups in total. The van der Waals surface area contributed by atoms with Crippen LogP contribution in [0.1, 0.15) is 36.3 Å². The Kier molecular flexibility index (Phi) is 4.99. The Labute approximate surface area is 107 Å². The van der Waals surface area contributed by atoms with Crippen molar-refractivity contribution >= 4 is 17.5 Å². The van der Waals surface area contributed by atoms with Gasteiger partial charge in [-0.15, -0.1) is 6.42 Å². The van der Waals surface area contributed by atoms with Gasteiger partial charge in [0.25, 0.3) is 5.91 Å². The Hall–Kier alpha value is -1.53. The van der Waals surface area contributed by atoms with Gasteiger partial charge in [0.15, 0.2) is 0 Å². The molecular weight excluding hydrogens is 236 g/mol. The Balaban J connectivity index is 2.90. The second-order valence-corrected chi connectivity index (χ2v) is 4.17. The van der Waals surface area contributed by atoms with Gasteiger partial charge < -0.3 is 5.32 Å². The van der Waals surface area contributed by atoms with Gasteiger partial charge in [0.05, 0.1) is 6.04 Å². The molecule has 4 heteroatoms. The molecule has 90 valence electrons. The van der Waals surface area contributed by atoms with Gasteiger partial charge in [-0.25, -0.2) is 4.98 Å². The van der Waals surface area contributed by atoms with Crippen LogP contribution in [0.15, 0.2) is 12.1 Å². The molecule has 1 aromatic rings. The van der Waals surface area contributed by atoms with Crippen molar-refractivity contribution in [3.8, 4) is 12.3 Å². The minimum atomic E-state index is -0.302. The molecule has 0 radical (unpaired) electrons. The Morgan fingerprint density at radius 2 is 2.35 bits per heavy atom. The molecule has 0 aromatic carbocycles. The zero-order chi connectivity index (χ0) is 12.8. The van der Waals surface area contributed by atoms with E-state index in [9.17, 15) is 4.79 Å². The highest BCUT2D eigenvalue weighted by Gasteiger charge is 2.10. The van der Waals surface area contributed by atoms with Gasteiger partial charge in [-0.3, -0.25) is 4.79 Å². The van der Waals surface area contributed by atoms with Crippen molar-refractivity contribution < 1.29 is 4.79 Å². The first-order valence-electron chi connectivity index (χ1n) is 5.50. The van der Waals surface area contributed by atoms with Crippen LogP contribution in [0.4, 0.5) is 0 Å². The molecule has 0 saturated heterocycles. The van der Waals surface area contributed by atoms with Crippen molar-refractivity contribution in [2.75, 3.05) is 0 Å². The van der Waals surface area contributed by atoms with Crippen molar-refractivity contribution in [2.45, 2.75) is 32.7 Å². The molecule has 17 heavy (non-hydrogen) atoms. The molecule has 0 aliphatic carbocycles. The van der Waals surface area contributed by atoms with Crippen LogP contribution in [0.3, 0.4) is 0 Å². The van der Waals surface area contributed by atoms with Gasteiger partial charge in [0.2, 0.25) is 0 Å². The van der Waals surface area contributed by atoms with Crippen LogP contribution < -0.4 is 5.32 Å². The van der Waals surface area contributed by atoms with Crippen LogP contribution in [-0.2, 0) is 6.42 Å². The van der Waals surface area contributed by atoms with Crippen molar-refractivity contribution in [2.24, 2.45) is 0 Å². The summed E-state index contributed by atoms with van der Waals surface area (Å²) in [6.07, 6.45) is 6.95. The molecule has 0 aliphatic heterocycles. The van der Waals surface area contributed by atoms with Gasteiger partial charge >= 0.3 is 0 Å². The fraction of sp³-hybridized carbons (Fsp3) is 0.385. The normalized spacial score (nSPS) is 11.6. The Morgan fingerprint density at radius 3 is 2.94 bits per heavy atom. The van der Waals surface area contributed by atoms with Gasteiger partial charge in [-0.05, 0) is 25.5 Å². The van der Waals surface area contributed by atoms with Gasteiger partial charge in [-0.1, -0.05) is 30.9 Å². The van der Waals surface area contributed by atoms with E-state index in [1.807, 2.05) is 6.92 Å². The zero-order valence-corrected chi connectivity index (χ0v) is 10.7. The lowest BCUT2D eigenvalue weighted by Crippen LogP contribution is -2.31. The molecule has 1 aromatic heterocycles. The van der Waals surface area contributed by atoms with E-state index in [4.69, 9.17) is 18.0 Å². The number of hydrogen-bond acceptors (Lipinski definition) is 2. The number of pyridine rings is 1. The molecular formula is C13H15ClN2O. The number of rotatable bonds is 4. The van der Waals surface area contributed by atoms with E-state index < -0.39 is 0 Å². The Bertz CT molecular complexity index is 451. The summed E-state index contributed by atoms with van der Waals surface area (Å²) >= 11 is 5.87. The maximum atomic E-state index is 11.8. The summed E-state index contributed by atoms with van der Waals surface area (Å²) in [7, 11) is 0. The number of carbonyl (C=O) groups is 1. The van der Waals surface area contributed by atoms with Crippen molar-refractivity contribution in [1.29, 1.82) is 0 Å². The summed E-state index contributed by atoms with van der Waals surface area (Å²) in [5.74, 6) is 2.21. The fourth-order valence-corrected chi connectivity index (χ4v) is 1.61. The Morgan fingerprint density at radius 1 is 1.65 bits per heavy atom. The quantitative estimate of drug-likeness (QED) is 0.659. The predicted octanol–water partition coefficient (Wildman–Crippen LogP) is 2.44. The lowest BCUT2D eigenvalue weighted by Gasteiger charge is -2.09. The molecule has 1 unspecified atom stereocenters. The molecule has 1 heterocycles. The molecule has 1 rings (SSSR count). The number of halogens is 1. The summed E-state index contributed by atoms with van der Waals surface area (Å²) in [6, 6.07) is 2.98. The number of carbonyl (C=O) groups excluding carboxylic acids is 1. The second kappa shape index (κ2) is 6.27. The van der Waals surface area contributed by atoms with Crippen LogP contribution in [0.25, 0.3) is 0 Å². The van der Waals surface area contributed by atoms with Crippen molar-refractivity contribution in [1.82, 2.24) is 10.3 Å². The number of amides is 1. The standard InChI is InChI=1S/C13H15ClN2O/c1-4-6-11-7-10(8-12(14)16-11)13(17)15-9(3)5-2/h2,7-9H,4,6H2,1,3H3,(H,15,17). The third-order valence-electron chi connectivity index (χ3n) is 2.21. The van der Waals surface area contributed by atoms with Crippen LogP contribution in [0.2, 0.25) is 5.15 Å². The van der Waals surface area contributed by atoms with E-state index in [0.29, 0.717) is 10.7 Å². The number of nitrogens with zero attached hydrogens (tertiary/aromatic N) is 1. The third-order valence-corrected chi connectivity index (χ3v) is 2.41. The fourth-order valence-electron chi connectivity index (χ4n) is 1.39. The third kappa shape index (κ3) is 4.08. The number of nitrogens with one attached hydrogen (secondary N) is 1. The number of terminal acetylenes is 1. The monoisotopic (exact) mass is 250 g/mol. The molecule has 0 spiro atoms. The summed E-state index contributed by atoms with van der Waals surface area (Å²) < 4.78 is 0. The second-order valence-electron chi connectivity index (χ2n) is 3.78. The predicted molar refractivity (Wildman–Crippen MR) is 69.0 cm³/mol. The van der Waals surface area contributed by atoms with E-state index >= 15 is 0 Å². The first-order chi connectivity index (χ1) is 8.06. The topological polar surface area (TPSA) is 42.0 Å². The highest BCUT2D eigenvalue weighted by Crippen LogP contribution is 2.12. The molecule has 1 atom stereocenters. The first kappa shape index (κ1) is 13.5. The molecule has 0 saturated carbocycles. The summed E-state index contributed by atoms with van der Waals surface area (Å²) in [5, 5.41) is 3.01. The minimum Gasteiger partial charge on any atom is -0.339 e. The van der Waals surface area contributed by atoms with Crippen LogP contribution in [-0.4, -0.2) is 16.9 Å². The summed E-state index contributed by atoms with van der Waals surface area (Å²) in [4.78, 5) is 16.0. The molecule has 0 aliphatic rings. The maximum absolute atomic E-state index is 11.8. The number of hydrogen-bond donors (Lipinski definition) is 1. The van der Waals surface area contributed by atoms with Crippen LogP contribution >= 0.6 is 11.6 Å². The minimum absolute atomic E-state index is 0.225. The molecule has 0 fully saturated rings. The van der Waals surface area contributed by atoms with Crippen molar-refractivity contribution in [3.63, 3.8) is 0 Å². The van der Waals surface area contributed by atoms with E-state index in [2.05, 4.69) is 16.2 Å². The first-order valence-corrected chi connectivity index (χ1v) is 5.88. The van der Waals surface area contributed by atoms with E-state index in [0.717, 1.165) is 18.5 Å². The van der Waals surface area contributed by atoms with Gasteiger partial charge in [0.1, 0.15) is 5.15 Å². The van der Waals surface area contributed by atoms with E-state index in [-0.39, 0.29) is 11.9 Å². The van der Waals surface area contributed by atoms with Crippen LogP contribution in [0.5, 0.6) is 0 Å². The van der Waals surface area contributed by atoms with Crippen LogP contribution in [0, 0.1) is 12.3 Å². The van der Waals surface area contributed by atoms with E-state index in [1.165, 1.54) is 0 Å². The lowest BCUT2D eigenvalue weighted by molar-refractivity contribution is 0.0948. The van der Waals surface area contributed by atoms with Gasteiger partial charge in [0, 0.05) is 11.3 Å². The average molecular weight is 251 g/mol. The lowest BCUT2D eigenvalue weighted by atomic mass is 10.1. The molecule has 3 nitrogen and oxygen atoms in total. The summed E-state index contributed by atoms with van der Waals surface area (Å²) in [5.41, 5.74) is 1.31. The van der Waals surface area contributed by atoms with Crippen molar-refractivity contribution in [3.05, 3.63) is 28.5 Å². The highest BCUT2D eigenvalue weighted by atomic mass is 35.5. The molecule has 1 amide bonds. The smallest absolute Gasteiger partial charge is 0.252 e. The zero-order valence-electron chi connectivity index (χ0n) is 9.96. The summed E-state index contributed by atoms with van der Waals surface area (Å²) in [6.45, 7) is 3.79. The average Bonchev–Trinajstić information content (AvgIpc) is 2.28. The maximum Gasteiger partial charge on any atom is 0.252 e. The largest absolute Gasteiger partial charge is 0.339 e. The number of aryl methyl sites for hydroxylation is 1. The SMILES string of the molecule is C#CC(C)NC(=O)c1cc(Cl)nc(CCC)c1. The van der Waals surface area contributed by atoms with Gasteiger partial charge in [-0.2, -0.15) is 0 Å². The highest BCUT2D eigenvalue weighted by molar-refractivity contribution is 6.29.